The highest BCUT2D eigenvalue weighted by Gasteiger charge is 2.28. The Kier molecular flexibility index (Phi) is 5.09. The molecule has 0 atom stereocenters. The predicted molar refractivity (Wildman–Crippen MR) is 158 cm³/mol. The van der Waals surface area contributed by atoms with Gasteiger partial charge < -0.3 is 8.83 Å². The fraction of sp³-hybridized carbons (Fsp3) is 0.200. The van der Waals surface area contributed by atoms with Gasteiger partial charge in [-0.1, -0.05) is 32.0 Å². The molecule has 0 aliphatic carbocycles. The van der Waals surface area contributed by atoms with Gasteiger partial charge in [0, 0.05) is 39.4 Å². The van der Waals surface area contributed by atoms with Gasteiger partial charge in [0.15, 0.2) is 5.69 Å². The highest BCUT2D eigenvalue weighted by atomic mass is 16.3. The number of benzene rings is 4. The molecule has 7 rings (SSSR count). The summed E-state index contributed by atoms with van der Waals surface area (Å²) < 4.78 is 15.4. The SMILES string of the molecule is Cc1cc2c(oc3cc(C#N)ccc32)c(-c2c3ccc4c5ccccc5oc4c3cc(CC(C)C)[n+]2C)c1C. The van der Waals surface area contributed by atoms with Gasteiger partial charge in [-0.3, -0.25) is 0 Å². The van der Waals surface area contributed by atoms with Crippen molar-refractivity contribution >= 4 is 54.6 Å². The van der Waals surface area contributed by atoms with Gasteiger partial charge in [0.1, 0.15) is 29.4 Å². The highest BCUT2D eigenvalue weighted by molar-refractivity contribution is 6.18. The van der Waals surface area contributed by atoms with Crippen molar-refractivity contribution in [1.29, 1.82) is 5.26 Å². The number of hydrogen-bond acceptors (Lipinski definition) is 3. The molecule has 0 saturated heterocycles. The minimum atomic E-state index is 0.491. The summed E-state index contributed by atoms with van der Waals surface area (Å²) in [4.78, 5) is 0. The molecule has 0 fully saturated rings. The van der Waals surface area contributed by atoms with E-state index >= 15 is 0 Å². The summed E-state index contributed by atoms with van der Waals surface area (Å²) in [5.74, 6) is 0.491. The smallest absolute Gasteiger partial charge is 0.224 e. The number of nitrogens with zero attached hydrogens (tertiary/aromatic N) is 2. The third-order valence-corrected chi connectivity index (χ3v) is 8.18. The second-order valence-corrected chi connectivity index (χ2v) is 11.1. The summed E-state index contributed by atoms with van der Waals surface area (Å²) in [7, 11) is 2.17. The summed E-state index contributed by atoms with van der Waals surface area (Å²) in [6, 6.07) is 25.2. The van der Waals surface area contributed by atoms with Crippen molar-refractivity contribution in [3.05, 3.63) is 89.1 Å². The Morgan fingerprint density at radius 2 is 1.46 bits per heavy atom. The first-order valence-electron chi connectivity index (χ1n) is 13.5. The molecule has 39 heavy (non-hydrogen) atoms. The number of fused-ring (bicyclic) bond motifs is 8. The molecule has 0 aliphatic heterocycles. The zero-order valence-electron chi connectivity index (χ0n) is 22.8. The molecule has 3 heterocycles. The molecule has 4 heteroatoms. The quantitative estimate of drug-likeness (QED) is 0.224. The lowest BCUT2D eigenvalue weighted by Crippen LogP contribution is -2.37. The van der Waals surface area contributed by atoms with Gasteiger partial charge in [-0.05, 0) is 73.4 Å². The van der Waals surface area contributed by atoms with E-state index in [4.69, 9.17) is 8.83 Å². The minimum absolute atomic E-state index is 0.491. The largest absolute Gasteiger partial charge is 0.455 e. The molecule has 0 N–H and O–H groups in total. The van der Waals surface area contributed by atoms with Crippen LogP contribution in [0.15, 0.2) is 75.6 Å². The van der Waals surface area contributed by atoms with Crippen molar-refractivity contribution in [1.82, 2.24) is 0 Å². The monoisotopic (exact) mass is 509 g/mol. The van der Waals surface area contributed by atoms with E-state index in [1.54, 1.807) is 0 Å². The van der Waals surface area contributed by atoms with E-state index in [2.05, 4.69) is 81.8 Å². The van der Waals surface area contributed by atoms with Gasteiger partial charge in [-0.15, -0.1) is 0 Å². The van der Waals surface area contributed by atoms with E-state index in [0.29, 0.717) is 11.5 Å². The van der Waals surface area contributed by atoms with Crippen LogP contribution in [0.5, 0.6) is 0 Å². The van der Waals surface area contributed by atoms with Crippen molar-refractivity contribution in [2.45, 2.75) is 34.1 Å². The summed E-state index contributed by atoms with van der Waals surface area (Å²) in [6.07, 6.45) is 0.940. The molecule has 0 spiro atoms. The van der Waals surface area contributed by atoms with Crippen LogP contribution in [0.2, 0.25) is 0 Å². The molecule has 0 amide bonds. The lowest BCUT2D eigenvalue weighted by molar-refractivity contribution is -0.667. The zero-order valence-corrected chi connectivity index (χ0v) is 22.8. The van der Waals surface area contributed by atoms with Gasteiger partial charge >= 0.3 is 0 Å². The van der Waals surface area contributed by atoms with Crippen molar-refractivity contribution in [2.24, 2.45) is 13.0 Å². The number of aromatic nitrogens is 1. The summed E-state index contributed by atoms with van der Waals surface area (Å²) >= 11 is 0. The average Bonchev–Trinajstić information content (AvgIpc) is 3.48. The van der Waals surface area contributed by atoms with Gasteiger partial charge in [0.25, 0.3) is 0 Å². The van der Waals surface area contributed by atoms with Crippen LogP contribution in [-0.2, 0) is 13.5 Å². The van der Waals surface area contributed by atoms with Crippen LogP contribution < -0.4 is 4.57 Å². The molecule has 0 aliphatic rings. The maximum absolute atomic E-state index is 9.49. The third-order valence-electron chi connectivity index (χ3n) is 8.18. The molecule has 4 nitrogen and oxygen atoms in total. The van der Waals surface area contributed by atoms with Crippen molar-refractivity contribution < 1.29 is 13.4 Å². The van der Waals surface area contributed by atoms with Crippen LogP contribution in [0.1, 0.15) is 36.2 Å². The molecule has 0 saturated carbocycles. The number of aryl methyl sites for hydroxylation is 1. The standard InChI is InChI=1S/C35H29N2O2/c1-19(2)14-23-17-29-26(12-13-27-24-8-6-7-9-30(24)38-34(27)29)33(37(23)5)32-21(4)20(3)15-28-25-11-10-22(18-36)16-31(25)39-35(28)32/h6-13,15-17,19H,14H2,1-5H3/q+1. The third kappa shape index (κ3) is 3.40. The van der Waals surface area contributed by atoms with Crippen LogP contribution in [-0.4, -0.2) is 0 Å². The Morgan fingerprint density at radius 1 is 0.769 bits per heavy atom. The molecule has 0 bridgehead atoms. The fourth-order valence-electron chi connectivity index (χ4n) is 6.16. The Morgan fingerprint density at radius 3 is 2.26 bits per heavy atom. The Bertz CT molecular complexity index is 2170. The minimum Gasteiger partial charge on any atom is -0.455 e. The molecule has 3 aromatic heterocycles. The van der Waals surface area contributed by atoms with Gasteiger partial charge in [-0.25, -0.2) is 0 Å². The average molecular weight is 510 g/mol. The second kappa shape index (κ2) is 8.44. The lowest BCUT2D eigenvalue weighted by atomic mass is 9.92. The molecular weight excluding hydrogens is 480 g/mol. The van der Waals surface area contributed by atoms with Crippen molar-refractivity contribution in [2.75, 3.05) is 0 Å². The maximum atomic E-state index is 9.49. The number of pyridine rings is 1. The Hall–Kier alpha value is -4.62. The number of furan rings is 2. The molecule has 0 unspecified atom stereocenters. The summed E-state index contributed by atoms with van der Waals surface area (Å²) in [6.45, 7) is 8.86. The zero-order chi connectivity index (χ0) is 27.0. The Labute approximate surface area is 226 Å². The van der Waals surface area contributed by atoms with Crippen LogP contribution in [0, 0.1) is 31.1 Å². The van der Waals surface area contributed by atoms with E-state index in [1.807, 2.05) is 30.3 Å². The van der Waals surface area contributed by atoms with E-state index in [0.717, 1.165) is 72.3 Å². The number of nitriles is 1. The first kappa shape index (κ1) is 23.5. The predicted octanol–water partition coefficient (Wildman–Crippen LogP) is 8.82. The van der Waals surface area contributed by atoms with Crippen LogP contribution in [0.3, 0.4) is 0 Å². The Balaban J connectivity index is 1.67. The van der Waals surface area contributed by atoms with E-state index in [1.165, 1.54) is 16.8 Å². The molecule has 4 aromatic carbocycles. The van der Waals surface area contributed by atoms with Gasteiger partial charge in [0.05, 0.1) is 22.6 Å². The lowest BCUT2D eigenvalue weighted by Gasteiger charge is -2.14. The van der Waals surface area contributed by atoms with Crippen LogP contribution in [0.25, 0.3) is 65.9 Å². The molecule has 190 valence electrons. The number of rotatable bonds is 3. The fourth-order valence-corrected chi connectivity index (χ4v) is 6.16. The molecule has 7 aromatic rings. The van der Waals surface area contributed by atoms with Crippen LogP contribution >= 0.6 is 0 Å². The normalized spacial score (nSPS) is 12.0. The van der Waals surface area contributed by atoms with Crippen molar-refractivity contribution in [3.63, 3.8) is 0 Å². The molecule has 0 radical (unpaired) electrons. The van der Waals surface area contributed by atoms with E-state index in [-0.39, 0.29) is 0 Å². The first-order valence-corrected chi connectivity index (χ1v) is 13.5. The summed E-state index contributed by atoms with van der Waals surface area (Å²) in [5, 5.41) is 16.1. The van der Waals surface area contributed by atoms with Gasteiger partial charge in [-0.2, -0.15) is 9.83 Å². The summed E-state index contributed by atoms with van der Waals surface area (Å²) in [5.41, 5.74) is 9.86. The number of para-hydroxylation sites is 1. The van der Waals surface area contributed by atoms with E-state index in [9.17, 15) is 5.26 Å². The highest BCUT2D eigenvalue weighted by Crippen LogP contribution is 2.43. The number of hydrogen-bond donors (Lipinski definition) is 0. The maximum Gasteiger partial charge on any atom is 0.224 e. The first-order chi connectivity index (χ1) is 18.9. The topological polar surface area (TPSA) is 54.0 Å². The van der Waals surface area contributed by atoms with Crippen molar-refractivity contribution in [3.8, 4) is 17.3 Å². The van der Waals surface area contributed by atoms with Gasteiger partial charge in [0.2, 0.25) is 5.69 Å². The van der Waals surface area contributed by atoms with E-state index < -0.39 is 0 Å². The second-order valence-electron chi connectivity index (χ2n) is 11.1. The van der Waals surface area contributed by atoms with Crippen LogP contribution in [0.4, 0.5) is 0 Å². The molecular formula is C35H29N2O2+.